The van der Waals surface area contributed by atoms with Crippen LogP contribution in [0.1, 0.15) is 194 Å². The topological polar surface area (TPSA) is 112 Å². The largest absolute Gasteiger partial charge is 0.481 e. The maximum Gasteiger partial charge on any atom is 0.332 e. The van der Waals surface area contributed by atoms with Crippen molar-refractivity contribution in [2.45, 2.75) is 200 Å². The molecule has 0 aliphatic heterocycles. The molecule has 1 atom stereocenters. The van der Waals surface area contributed by atoms with E-state index < -0.39 is 18.0 Å². The molecule has 1 unspecified atom stereocenters. The molecule has 0 aliphatic rings. The lowest BCUT2D eigenvalue weighted by Gasteiger charge is -2.05. The van der Waals surface area contributed by atoms with Gasteiger partial charge in [-0.05, 0) is 32.1 Å². The number of aliphatic hydroxyl groups excluding tert-OH is 1. The minimum Gasteiger partial charge on any atom is -0.481 e. The van der Waals surface area contributed by atoms with Crippen LogP contribution in [0.3, 0.4) is 0 Å². The summed E-state index contributed by atoms with van der Waals surface area (Å²) in [6.07, 6.45) is 33.8. The molecule has 42 heavy (non-hydrogen) atoms. The third-order valence-corrected chi connectivity index (χ3v) is 7.70. The lowest BCUT2D eigenvalue weighted by atomic mass is 10.0. The molecule has 0 amide bonds. The molecule has 0 fully saturated rings. The number of carboxylic acids is 2. The highest BCUT2D eigenvalue weighted by atomic mass is 16.4. The summed E-state index contributed by atoms with van der Waals surface area (Å²) in [6.45, 7) is 4.45. The van der Waals surface area contributed by atoms with Gasteiger partial charge in [0.25, 0.3) is 0 Å². The minimum absolute atomic E-state index is 0.281. The average Bonchev–Trinajstić information content (AvgIpc) is 2.96. The molecule has 3 N–H and O–H groups in total. The summed E-state index contributed by atoms with van der Waals surface area (Å²) in [7, 11) is 0. The van der Waals surface area contributed by atoms with Crippen LogP contribution in [0, 0.1) is 0 Å². The van der Waals surface area contributed by atoms with Gasteiger partial charge >= 0.3 is 11.9 Å². The van der Waals surface area contributed by atoms with Crippen molar-refractivity contribution in [2.24, 2.45) is 0 Å². The van der Waals surface area contributed by atoms with Crippen LogP contribution in [0.5, 0.6) is 0 Å². The van der Waals surface area contributed by atoms with Crippen LogP contribution in [0.4, 0.5) is 0 Å². The van der Waals surface area contributed by atoms with E-state index in [1.807, 2.05) is 6.08 Å². The summed E-state index contributed by atoms with van der Waals surface area (Å²) in [4.78, 5) is 32.4. The van der Waals surface area contributed by atoms with E-state index in [1.54, 1.807) is 0 Å². The summed E-state index contributed by atoms with van der Waals surface area (Å²) < 4.78 is 0. The summed E-state index contributed by atoms with van der Waals surface area (Å²) >= 11 is 0. The third kappa shape index (κ3) is 38.3. The third-order valence-electron chi connectivity index (χ3n) is 7.70. The van der Waals surface area contributed by atoms with Crippen molar-refractivity contribution >= 4 is 17.7 Å². The predicted molar refractivity (Wildman–Crippen MR) is 176 cm³/mol. The maximum atomic E-state index is 11.6. The first-order chi connectivity index (χ1) is 20.3. The fourth-order valence-corrected chi connectivity index (χ4v) is 4.91. The molecule has 6 nitrogen and oxygen atoms in total. The van der Waals surface area contributed by atoms with E-state index in [9.17, 15) is 14.4 Å². The van der Waals surface area contributed by atoms with Crippen molar-refractivity contribution in [3.05, 3.63) is 12.2 Å². The van der Waals surface area contributed by atoms with Gasteiger partial charge < -0.3 is 15.3 Å². The summed E-state index contributed by atoms with van der Waals surface area (Å²) in [6, 6.07) is 0. The molecule has 0 heterocycles. The minimum atomic E-state index is -1.16. The first kappa shape index (κ1) is 42.4. The Bertz CT molecular complexity index is 630. The number of unbranched alkanes of at least 4 members (excludes halogenated alkanes) is 21. The van der Waals surface area contributed by atoms with Crippen LogP contribution in [0.25, 0.3) is 0 Å². The van der Waals surface area contributed by atoms with Gasteiger partial charge in [0.05, 0.1) is 0 Å². The van der Waals surface area contributed by atoms with Crippen LogP contribution in [0.15, 0.2) is 12.2 Å². The molecule has 0 rings (SSSR count). The number of Topliss-reactive ketones (excluding diaryl/α,β-unsaturated/α-hetero) is 1. The highest BCUT2D eigenvalue weighted by Gasteiger charge is 2.11. The number of carboxylic acid groups (broad SMARTS) is 2. The van der Waals surface area contributed by atoms with Gasteiger partial charge in [-0.2, -0.15) is 0 Å². The van der Waals surface area contributed by atoms with Gasteiger partial charge in [-0.1, -0.05) is 154 Å². The van der Waals surface area contributed by atoms with Crippen LogP contribution in [-0.4, -0.2) is 39.1 Å². The second kappa shape index (κ2) is 35.5. The van der Waals surface area contributed by atoms with E-state index >= 15 is 0 Å². The lowest BCUT2D eigenvalue weighted by Crippen LogP contribution is -2.18. The summed E-state index contributed by atoms with van der Waals surface area (Å²) in [5, 5.41) is 26.2. The van der Waals surface area contributed by atoms with Gasteiger partial charge in [0.1, 0.15) is 5.78 Å². The zero-order valence-corrected chi connectivity index (χ0v) is 27.6. The van der Waals surface area contributed by atoms with Crippen LogP contribution in [0.2, 0.25) is 0 Å². The van der Waals surface area contributed by atoms with Crippen LogP contribution in [-0.2, 0) is 14.4 Å². The molecule has 0 aromatic heterocycles. The molecule has 0 aromatic rings. The Hall–Kier alpha value is -1.69. The Kier molecular flexibility index (Phi) is 35.9. The lowest BCUT2D eigenvalue weighted by molar-refractivity contribution is -0.147. The van der Waals surface area contributed by atoms with Crippen LogP contribution >= 0.6 is 0 Å². The van der Waals surface area contributed by atoms with E-state index in [0.29, 0.717) is 25.0 Å². The number of hydrogen-bond donors (Lipinski definition) is 3. The predicted octanol–water partition coefficient (Wildman–Crippen LogP) is 10.6. The van der Waals surface area contributed by atoms with Crippen molar-refractivity contribution < 1.29 is 29.7 Å². The van der Waals surface area contributed by atoms with Gasteiger partial charge in [0.2, 0.25) is 0 Å². The second-order valence-corrected chi connectivity index (χ2v) is 12.0. The number of rotatable bonds is 31. The number of ketones is 1. The van der Waals surface area contributed by atoms with Gasteiger partial charge in [-0.3, -0.25) is 9.59 Å². The Labute approximate surface area is 259 Å². The molecule has 0 radical (unpaired) electrons. The van der Waals surface area contributed by atoms with Crippen molar-refractivity contribution in [2.75, 3.05) is 0 Å². The Morgan fingerprint density at radius 3 is 1.38 bits per heavy atom. The normalized spacial score (nSPS) is 11.8. The number of aliphatic hydroxyl groups is 1. The standard InChI is InChI=1S/C18H32O3.C18H36O3/c1-2-3-4-5-8-11-14-17(19)15-12-9-6-7-10-13-16-18(20)21;1-2-3-4-5-6-7-8-9-10-11-12-13-14-15-16-17(19)18(20)21/h8,11H,2-7,9-10,12-16H2,1H3,(H,20,21);17,19H,2-16H2,1H3,(H,20,21)/b11-8-;. The van der Waals surface area contributed by atoms with Crippen molar-refractivity contribution in [1.29, 1.82) is 0 Å². The van der Waals surface area contributed by atoms with E-state index in [0.717, 1.165) is 57.8 Å². The molecule has 0 saturated heterocycles. The molecular weight excluding hydrogens is 528 g/mol. The second-order valence-electron chi connectivity index (χ2n) is 12.0. The average molecular weight is 597 g/mol. The Morgan fingerprint density at radius 2 is 0.929 bits per heavy atom. The van der Waals surface area contributed by atoms with Crippen molar-refractivity contribution in [3.63, 3.8) is 0 Å². The summed E-state index contributed by atoms with van der Waals surface area (Å²) in [5.41, 5.74) is 0. The molecule has 0 saturated carbocycles. The van der Waals surface area contributed by atoms with Gasteiger partial charge in [-0.15, -0.1) is 0 Å². The summed E-state index contributed by atoms with van der Waals surface area (Å²) in [5.74, 6) is -1.46. The van der Waals surface area contributed by atoms with E-state index in [1.165, 1.54) is 96.3 Å². The van der Waals surface area contributed by atoms with Gasteiger partial charge in [-0.25, -0.2) is 4.79 Å². The number of aliphatic carboxylic acids is 2. The SMILES string of the molecule is CCCCC/C=C\CC(=O)CCCCCCCCC(=O)O.CCCCCCCCCCCCCCCCC(O)C(=O)O. The molecule has 6 heteroatoms. The molecule has 0 bridgehead atoms. The van der Waals surface area contributed by atoms with E-state index in [4.69, 9.17) is 15.3 Å². The highest BCUT2D eigenvalue weighted by molar-refractivity contribution is 5.79. The van der Waals surface area contributed by atoms with E-state index in [-0.39, 0.29) is 6.42 Å². The zero-order valence-electron chi connectivity index (χ0n) is 27.6. The van der Waals surface area contributed by atoms with Crippen molar-refractivity contribution in [1.82, 2.24) is 0 Å². The quantitative estimate of drug-likeness (QED) is 0.0542. The van der Waals surface area contributed by atoms with Crippen LogP contribution < -0.4 is 0 Å². The molecular formula is C36H68O6. The number of carbonyl (C=O) groups excluding carboxylic acids is 1. The monoisotopic (exact) mass is 597 g/mol. The van der Waals surface area contributed by atoms with Gasteiger partial charge in [0, 0.05) is 19.3 Å². The smallest absolute Gasteiger partial charge is 0.332 e. The number of allylic oxidation sites excluding steroid dienone is 2. The molecule has 248 valence electrons. The fourth-order valence-electron chi connectivity index (χ4n) is 4.91. The van der Waals surface area contributed by atoms with Crippen molar-refractivity contribution in [3.8, 4) is 0 Å². The van der Waals surface area contributed by atoms with E-state index in [2.05, 4.69) is 19.9 Å². The maximum absolute atomic E-state index is 11.6. The highest BCUT2D eigenvalue weighted by Crippen LogP contribution is 2.14. The van der Waals surface area contributed by atoms with Gasteiger partial charge in [0.15, 0.2) is 6.10 Å². The number of carbonyl (C=O) groups is 3. The Morgan fingerprint density at radius 1 is 0.524 bits per heavy atom. The molecule has 0 spiro atoms. The number of hydrogen-bond acceptors (Lipinski definition) is 4. The zero-order chi connectivity index (χ0) is 31.5. The first-order valence-corrected chi connectivity index (χ1v) is 17.6. The molecule has 0 aliphatic carbocycles. The first-order valence-electron chi connectivity index (χ1n) is 17.6. The fraction of sp³-hybridized carbons (Fsp3) is 0.861. The molecule has 0 aromatic carbocycles. The Balaban J connectivity index is 0.